The summed E-state index contributed by atoms with van der Waals surface area (Å²) in [5.41, 5.74) is 2.49. The summed E-state index contributed by atoms with van der Waals surface area (Å²) < 4.78 is 55.9. The van der Waals surface area contributed by atoms with E-state index in [9.17, 15) is 27.0 Å². The fourth-order valence-electron chi connectivity index (χ4n) is 7.92. The lowest BCUT2D eigenvalue weighted by atomic mass is 9.83. The highest BCUT2D eigenvalue weighted by molar-refractivity contribution is 7.82. The number of anilines is 2. The first-order valence-corrected chi connectivity index (χ1v) is 19.5. The zero-order valence-electron chi connectivity index (χ0n) is 30.7. The Kier molecular flexibility index (Phi) is 10.8. The molecular formula is C38H46F3N9O3S. The van der Waals surface area contributed by atoms with Crippen molar-refractivity contribution in [1.29, 1.82) is 0 Å². The summed E-state index contributed by atoms with van der Waals surface area (Å²) in [6, 6.07) is 14.0. The molecule has 2 aromatic heterocycles. The van der Waals surface area contributed by atoms with Gasteiger partial charge in [0, 0.05) is 63.5 Å². The number of alkyl halides is 3. The predicted octanol–water partition coefficient (Wildman–Crippen LogP) is 5.88. The number of hydrogen-bond acceptors (Lipinski definition) is 8. The van der Waals surface area contributed by atoms with Gasteiger partial charge in [-0.1, -0.05) is 32.0 Å². The summed E-state index contributed by atoms with van der Waals surface area (Å²) >= 11 is 0. The van der Waals surface area contributed by atoms with Crippen LogP contribution < -0.4 is 15.5 Å². The van der Waals surface area contributed by atoms with Crippen LogP contribution in [0.4, 0.5) is 29.7 Å². The van der Waals surface area contributed by atoms with Crippen LogP contribution in [0.25, 0.3) is 10.9 Å². The molecule has 1 unspecified atom stereocenters. The second kappa shape index (κ2) is 15.4. The normalized spacial score (nSPS) is 19.3. The third-order valence-corrected chi connectivity index (χ3v) is 12.2. The molecule has 3 aliphatic heterocycles. The standard InChI is InChI=1S/C38H46F3N9O3S/c1-37(2,21-25-5-4-6-30(19-25)54(53)49-16-11-29(12-17-49)44-35-42-22-28(23-43-35)38(39,40)41)24-48-14-9-26(10-15-48)27-7-8-31-32(20-27)47(3)46-34(31)50-18-13-33(51)45-36(50)52/h4-8,19-20,22-23,26,29H,9-18,21,24H2,1-3H3,(H,42,43,44)(H,45,51,52). The summed E-state index contributed by atoms with van der Waals surface area (Å²) in [6.07, 6.45) is 1.61. The Morgan fingerprint density at radius 3 is 2.35 bits per heavy atom. The molecule has 0 bridgehead atoms. The van der Waals surface area contributed by atoms with Gasteiger partial charge in [-0.2, -0.15) is 18.3 Å². The number of aromatic nitrogens is 4. The van der Waals surface area contributed by atoms with Crippen molar-refractivity contribution in [2.45, 2.75) is 75.4 Å². The van der Waals surface area contributed by atoms with Crippen molar-refractivity contribution < 1.29 is 27.0 Å². The molecular weight excluding hydrogens is 720 g/mol. The van der Waals surface area contributed by atoms with Gasteiger partial charge in [-0.15, -0.1) is 0 Å². The van der Waals surface area contributed by atoms with E-state index in [-0.39, 0.29) is 29.7 Å². The highest BCUT2D eigenvalue weighted by Crippen LogP contribution is 2.35. The van der Waals surface area contributed by atoms with Gasteiger partial charge in [-0.25, -0.2) is 23.3 Å². The lowest BCUT2D eigenvalue weighted by molar-refractivity contribution is -0.138. The molecule has 5 heterocycles. The number of benzene rings is 2. The maximum atomic E-state index is 13.6. The van der Waals surface area contributed by atoms with Crippen LogP contribution in [0.15, 0.2) is 59.8 Å². The third kappa shape index (κ3) is 8.60. The monoisotopic (exact) mass is 765 g/mol. The number of likely N-dealkylation sites (tertiary alicyclic amines) is 1. The third-order valence-electron chi connectivity index (χ3n) is 10.7. The molecule has 54 heavy (non-hydrogen) atoms. The fourth-order valence-corrected chi connectivity index (χ4v) is 9.21. The Morgan fingerprint density at radius 1 is 0.944 bits per heavy atom. The number of rotatable bonds is 10. The van der Waals surface area contributed by atoms with Gasteiger partial charge in [0.1, 0.15) is 11.0 Å². The molecule has 2 N–H and O–H groups in total. The summed E-state index contributed by atoms with van der Waals surface area (Å²) in [5.74, 6) is 0.890. The molecule has 2 aromatic carbocycles. The summed E-state index contributed by atoms with van der Waals surface area (Å²) in [6.45, 7) is 8.96. The van der Waals surface area contributed by atoms with E-state index >= 15 is 0 Å². The number of piperidine rings is 2. The van der Waals surface area contributed by atoms with Gasteiger partial charge in [0.05, 0.1) is 16.0 Å². The fraction of sp³-hybridized carbons (Fsp3) is 0.500. The highest BCUT2D eigenvalue weighted by Gasteiger charge is 2.33. The quantitative estimate of drug-likeness (QED) is 0.205. The van der Waals surface area contributed by atoms with Crippen LogP contribution in [0.5, 0.6) is 0 Å². The number of aryl methyl sites for hydroxylation is 1. The van der Waals surface area contributed by atoms with E-state index in [1.807, 2.05) is 28.2 Å². The first-order chi connectivity index (χ1) is 25.7. The minimum absolute atomic E-state index is 0.00722. The lowest BCUT2D eigenvalue weighted by Crippen LogP contribution is -2.49. The first-order valence-electron chi connectivity index (χ1n) is 18.4. The van der Waals surface area contributed by atoms with Crippen LogP contribution in [-0.2, 0) is 35.4 Å². The number of hydrogen-bond donors (Lipinski definition) is 2. The highest BCUT2D eigenvalue weighted by atomic mass is 32.2. The van der Waals surface area contributed by atoms with Gasteiger partial charge in [0.2, 0.25) is 11.9 Å². The van der Waals surface area contributed by atoms with Crippen LogP contribution >= 0.6 is 0 Å². The van der Waals surface area contributed by atoms with Crippen LogP contribution in [0.1, 0.15) is 68.6 Å². The predicted molar refractivity (Wildman–Crippen MR) is 200 cm³/mol. The zero-order chi connectivity index (χ0) is 38.2. The number of imide groups is 1. The van der Waals surface area contributed by atoms with Crippen LogP contribution in [0.2, 0.25) is 0 Å². The summed E-state index contributed by atoms with van der Waals surface area (Å²) in [4.78, 5) is 36.6. The maximum absolute atomic E-state index is 13.6. The molecule has 4 aromatic rings. The van der Waals surface area contributed by atoms with E-state index in [2.05, 4.69) is 74.8 Å². The molecule has 3 amide bonds. The number of nitrogens with one attached hydrogen (secondary N) is 2. The lowest BCUT2D eigenvalue weighted by Gasteiger charge is -2.38. The number of nitrogens with zero attached hydrogens (tertiary/aromatic N) is 7. The Balaban J connectivity index is 0.895. The minimum Gasteiger partial charge on any atom is -0.351 e. The first kappa shape index (κ1) is 37.9. The molecule has 0 spiro atoms. The molecule has 3 saturated heterocycles. The molecule has 1 atom stereocenters. The number of carbonyl (C=O) groups is 2. The van der Waals surface area contributed by atoms with Gasteiger partial charge >= 0.3 is 12.2 Å². The van der Waals surface area contributed by atoms with Crippen molar-refractivity contribution in [1.82, 2.24) is 34.3 Å². The van der Waals surface area contributed by atoms with E-state index in [1.165, 1.54) is 10.5 Å². The maximum Gasteiger partial charge on any atom is 0.419 e. The van der Waals surface area contributed by atoms with Gasteiger partial charge in [-0.05, 0) is 91.9 Å². The van der Waals surface area contributed by atoms with Crippen molar-refractivity contribution in [2.75, 3.05) is 49.5 Å². The van der Waals surface area contributed by atoms with Crippen LogP contribution in [0.3, 0.4) is 0 Å². The molecule has 12 nitrogen and oxygen atoms in total. The molecule has 288 valence electrons. The molecule has 3 fully saturated rings. The smallest absolute Gasteiger partial charge is 0.351 e. The van der Waals surface area contributed by atoms with Gasteiger partial charge in [-0.3, -0.25) is 19.7 Å². The number of fused-ring (bicyclic) bond motifs is 1. The molecule has 7 rings (SSSR count). The van der Waals surface area contributed by atoms with E-state index < -0.39 is 28.8 Å². The van der Waals surface area contributed by atoms with Crippen molar-refractivity contribution in [3.63, 3.8) is 0 Å². The number of halogens is 3. The largest absolute Gasteiger partial charge is 0.419 e. The van der Waals surface area contributed by atoms with Crippen molar-refractivity contribution >= 4 is 45.6 Å². The van der Waals surface area contributed by atoms with E-state index in [0.29, 0.717) is 44.2 Å². The summed E-state index contributed by atoms with van der Waals surface area (Å²) in [7, 11) is 0.560. The molecule has 0 radical (unpaired) electrons. The molecule has 0 saturated carbocycles. The van der Waals surface area contributed by atoms with Gasteiger partial charge in [0.25, 0.3) is 0 Å². The number of urea groups is 1. The van der Waals surface area contributed by atoms with Gasteiger partial charge < -0.3 is 10.2 Å². The average Bonchev–Trinajstić information content (AvgIpc) is 3.46. The van der Waals surface area contributed by atoms with Gasteiger partial charge in [0.15, 0.2) is 5.82 Å². The van der Waals surface area contributed by atoms with Crippen molar-refractivity contribution in [3.8, 4) is 0 Å². The number of amides is 3. The Hall–Kier alpha value is -4.41. The molecule has 0 aliphatic carbocycles. The second-order valence-corrected chi connectivity index (χ2v) is 16.9. The minimum atomic E-state index is -4.48. The topological polar surface area (TPSA) is 129 Å². The summed E-state index contributed by atoms with van der Waals surface area (Å²) in [5, 5.41) is 11.0. The molecule has 3 aliphatic rings. The van der Waals surface area contributed by atoms with Crippen molar-refractivity contribution in [3.05, 3.63) is 71.5 Å². The second-order valence-electron chi connectivity index (χ2n) is 15.4. The Labute approximate surface area is 315 Å². The average molecular weight is 766 g/mol. The SMILES string of the molecule is Cn1nc(N2CCC(=O)NC2=O)c2ccc(C3CCN(CC(C)(C)Cc4cccc(S(=O)N5CCC(Nc6ncc(C(F)(F)F)cn6)CC5)c4)CC3)cc21. The van der Waals surface area contributed by atoms with Crippen LogP contribution in [-0.4, -0.2) is 90.4 Å². The van der Waals surface area contributed by atoms with E-state index in [1.54, 1.807) is 0 Å². The van der Waals surface area contributed by atoms with Crippen LogP contribution in [0, 0.1) is 5.41 Å². The van der Waals surface area contributed by atoms with Crippen molar-refractivity contribution in [2.24, 2.45) is 12.5 Å². The van der Waals surface area contributed by atoms with E-state index in [4.69, 9.17) is 0 Å². The van der Waals surface area contributed by atoms with E-state index in [0.717, 1.165) is 72.7 Å². The number of carbonyl (C=O) groups excluding carboxylic acids is 2. The zero-order valence-corrected chi connectivity index (χ0v) is 31.6. The Morgan fingerprint density at radius 2 is 1.67 bits per heavy atom. The molecule has 16 heteroatoms. The Bertz CT molecular complexity index is 2020.